The number of morpholine rings is 1. The second-order valence-corrected chi connectivity index (χ2v) is 7.38. The molecule has 0 spiro atoms. The van der Waals surface area contributed by atoms with E-state index in [1.54, 1.807) is 25.6 Å². The Morgan fingerprint density at radius 2 is 2.04 bits per heavy atom. The van der Waals surface area contributed by atoms with Crippen molar-refractivity contribution < 1.29 is 24.4 Å². The number of hydrogen-bond acceptors (Lipinski definition) is 7. The van der Waals surface area contributed by atoms with Crippen LogP contribution in [0.25, 0.3) is 0 Å². The Morgan fingerprint density at radius 1 is 1.21 bits per heavy atom. The molecule has 28 heavy (non-hydrogen) atoms. The van der Waals surface area contributed by atoms with Crippen molar-refractivity contribution in [3.05, 3.63) is 45.6 Å². The van der Waals surface area contributed by atoms with Crippen LogP contribution in [0.3, 0.4) is 0 Å². The van der Waals surface area contributed by atoms with Gasteiger partial charge in [0.1, 0.15) is 12.7 Å². The van der Waals surface area contributed by atoms with Crippen LogP contribution >= 0.6 is 11.3 Å². The minimum absolute atomic E-state index is 0.0623. The maximum atomic E-state index is 9.89. The highest BCUT2D eigenvalue weighted by atomic mass is 32.1. The average molecular weight is 404 g/mol. The lowest BCUT2D eigenvalue weighted by atomic mass is 9.97. The lowest BCUT2D eigenvalue weighted by Crippen LogP contribution is -2.46. The zero-order valence-corrected chi connectivity index (χ0v) is 16.9. The molecule has 0 unspecified atom stereocenters. The maximum absolute atomic E-state index is 9.89. The van der Waals surface area contributed by atoms with Gasteiger partial charge in [-0.3, -0.25) is 4.90 Å². The van der Waals surface area contributed by atoms with Crippen molar-refractivity contribution in [2.75, 3.05) is 40.6 Å². The molecule has 3 rings (SSSR count). The molecule has 2 atom stereocenters. The van der Waals surface area contributed by atoms with Gasteiger partial charge in [-0.05, 0) is 23.8 Å². The van der Waals surface area contributed by atoms with Crippen molar-refractivity contribution in [3.8, 4) is 23.3 Å². The highest BCUT2D eigenvalue weighted by Gasteiger charge is 2.34. The highest BCUT2D eigenvalue weighted by Crippen LogP contribution is 2.36. The van der Waals surface area contributed by atoms with Crippen molar-refractivity contribution in [2.45, 2.75) is 18.7 Å². The monoisotopic (exact) mass is 403 g/mol. The number of methoxy groups -OCH3 is 2. The zero-order valence-electron chi connectivity index (χ0n) is 16.1. The van der Waals surface area contributed by atoms with Gasteiger partial charge >= 0.3 is 0 Å². The maximum Gasteiger partial charge on any atom is 0.161 e. The van der Waals surface area contributed by atoms with Gasteiger partial charge in [-0.15, -0.1) is 11.3 Å². The first kappa shape index (κ1) is 20.6. The van der Waals surface area contributed by atoms with Crippen LogP contribution in [-0.4, -0.2) is 61.8 Å². The molecule has 0 radical (unpaired) electrons. The van der Waals surface area contributed by atoms with Crippen molar-refractivity contribution in [2.24, 2.45) is 0 Å². The quantitative estimate of drug-likeness (QED) is 0.720. The van der Waals surface area contributed by atoms with E-state index in [9.17, 15) is 5.11 Å². The Bertz CT molecular complexity index is 841. The summed E-state index contributed by atoms with van der Waals surface area (Å²) in [6.45, 7) is 1.84. The first-order chi connectivity index (χ1) is 13.7. The molecule has 150 valence electrons. The Hall–Kier alpha value is -2.08. The summed E-state index contributed by atoms with van der Waals surface area (Å²) in [7, 11) is 3.22. The molecule has 0 aliphatic carbocycles. The normalized spacial score (nSPS) is 19.7. The van der Waals surface area contributed by atoms with Crippen LogP contribution in [0.4, 0.5) is 0 Å². The molecular formula is C21H25NO5S. The van der Waals surface area contributed by atoms with Crippen LogP contribution < -0.4 is 9.47 Å². The third-order valence-corrected chi connectivity index (χ3v) is 5.63. The van der Waals surface area contributed by atoms with E-state index < -0.39 is 0 Å². The van der Waals surface area contributed by atoms with Gasteiger partial charge in [0.05, 0.1) is 33.5 Å². The number of thiophene rings is 1. The van der Waals surface area contributed by atoms with Gasteiger partial charge in [-0.2, -0.15) is 0 Å². The average Bonchev–Trinajstić information content (AvgIpc) is 3.18. The fourth-order valence-electron chi connectivity index (χ4n) is 3.45. The Labute approximate surface area is 169 Å². The molecule has 1 aromatic carbocycles. The summed E-state index contributed by atoms with van der Waals surface area (Å²) in [6.07, 6.45) is -0.319. The van der Waals surface area contributed by atoms with Crippen molar-refractivity contribution >= 4 is 11.3 Å². The molecule has 7 heteroatoms. The zero-order chi connectivity index (χ0) is 19.9. The molecule has 1 fully saturated rings. The summed E-state index contributed by atoms with van der Waals surface area (Å²) in [6, 6.07) is 7.75. The van der Waals surface area contributed by atoms with Gasteiger partial charge in [-0.25, -0.2) is 0 Å². The second kappa shape index (κ2) is 9.92. The Kier molecular flexibility index (Phi) is 7.31. The number of aliphatic hydroxyl groups excluding tert-OH is 2. The fourth-order valence-corrected chi connectivity index (χ4v) is 4.29. The standard InChI is InChI=1S/C21H25NO5S/c1-25-18-6-5-16(11-19(18)26-2)21-20(13-24)27-9-7-22(21)12-17-10-15(14-28-17)4-3-8-23/h5-6,10-11,14,20-21,23-24H,7-9,12-13H2,1-2H3/t20-,21-/m1/s1. The van der Waals surface area contributed by atoms with E-state index in [1.165, 1.54) is 4.88 Å². The number of nitrogens with zero attached hydrogens (tertiary/aromatic N) is 1. The minimum atomic E-state index is -0.319. The summed E-state index contributed by atoms with van der Waals surface area (Å²) < 4.78 is 16.6. The van der Waals surface area contributed by atoms with Gasteiger partial charge in [0, 0.05) is 28.9 Å². The van der Waals surface area contributed by atoms with Crippen LogP contribution in [0.1, 0.15) is 22.0 Å². The molecular weight excluding hydrogens is 378 g/mol. The fraction of sp³-hybridized carbons (Fsp3) is 0.429. The van der Waals surface area contributed by atoms with E-state index in [-0.39, 0.29) is 25.4 Å². The van der Waals surface area contributed by atoms with Crippen LogP contribution in [0.15, 0.2) is 29.6 Å². The van der Waals surface area contributed by atoms with Crippen LogP contribution in [-0.2, 0) is 11.3 Å². The van der Waals surface area contributed by atoms with Gasteiger partial charge in [0.15, 0.2) is 11.5 Å². The SMILES string of the molecule is COc1ccc([C@@H]2[C@@H](CO)OCCN2Cc2cc(C#CCO)cs2)cc1OC. The van der Waals surface area contributed by atoms with Gasteiger partial charge in [-0.1, -0.05) is 17.9 Å². The van der Waals surface area contributed by atoms with Gasteiger partial charge in [0.2, 0.25) is 0 Å². The highest BCUT2D eigenvalue weighted by molar-refractivity contribution is 7.10. The van der Waals surface area contributed by atoms with Gasteiger partial charge < -0.3 is 24.4 Å². The molecule has 1 aromatic heterocycles. The molecule has 2 N–H and O–H groups in total. The lowest BCUT2D eigenvalue weighted by Gasteiger charge is -2.40. The minimum Gasteiger partial charge on any atom is -0.493 e. The van der Waals surface area contributed by atoms with Crippen LogP contribution in [0, 0.1) is 11.8 Å². The number of benzene rings is 1. The summed E-state index contributed by atoms with van der Waals surface area (Å²) in [5.41, 5.74) is 1.91. The van der Waals surface area contributed by atoms with Gasteiger partial charge in [0.25, 0.3) is 0 Å². The molecule has 1 aliphatic rings. The van der Waals surface area contributed by atoms with Crippen LogP contribution in [0.5, 0.6) is 11.5 Å². The molecule has 0 amide bonds. The molecule has 2 aromatic rings. The van der Waals surface area contributed by atoms with E-state index in [4.69, 9.17) is 19.3 Å². The number of hydrogen-bond donors (Lipinski definition) is 2. The van der Waals surface area contributed by atoms with E-state index >= 15 is 0 Å². The summed E-state index contributed by atoms with van der Waals surface area (Å²) in [5, 5.41) is 20.7. The van der Waals surface area contributed by atoms with Crippen molar-refractivity contribution in [3.63, 3.8) is 0 Å². The lowest BCUT2D eigenvalue weighted by molar-refractivity contribution is -0.0958. The number of ether oxygens (including phenoxy) is 3. The number of aliphatic hydroxyl groups is 2. The second-order valence-electron chi connectivity index (χ2n) is 6.38. The summed E-state index contributed by atoms with van der Waals surface area (Å²) in [4.78, 5) is 3.48. The van der Waals surface area contributed by atoms with E-state index in [0.717, 1.165) is 24.2 Å². The molecule has 0 saturated carbocycles. The smallest absolute Gasteiger partial charge is 0.161 e. The molecule has 1 aliphatic heterocycles. The summed E-state index contributed by atoms with van der Waals surface area (Å²) >= 11 is 1.64. The molecule has 0 bridgehead atoms. The summed E-state index contributed by atoms with van der Waals surface area (Å²) in [5.74, 6) is 6.93. The van der Waals surface area contributed by atoms with Crippen molar-refractivity contribution in [1.29, 1.82) is 0 Å². The first-order valence-electron chi connectivity index (χ1n) is 9.05. The van der Waals surface area contributed by atoms with E-state index in [0.29, 0.717) is 18.1 Å². The molecule has 2 heterocycles. The predicted octanol–water partition coefficient (Wildman–Crippen LogP) is 2.04. The third kappa shape index (κ3) is 4.66. The molecule has 6 nitrogen and oxygen atoms in total. The predicted molar refractivity (Wildman–Crippen MR) is 108 cm³/mol. The third-order valence-electron chi connectivity index (χ3n) is 4.71. The topological polar surface area (TPSA) is 71.4 Å². The molecule has 1 saturated heterocycles. The van der Waals surface area contributed by atoms with E-state index in [1.807, 2.05) is 29.6 Å². The first-order valence-corrected chi connectivity index (χ1v) is 9.93. The van der Waals surface area contributed by atoms with Crippen molar-refractivity contribution in [1.82, 2.24) is 4.90 Å². The van der Waals surface area contributed by atoms with E-state index in [2.05, 4.69) is 16.7 Å². The number of rotatable bonds is 6. The largest absolute Gasteiger partial charge is 0.493 e. The Balaban J connectivity index is 1.87. The van der Waals surface area contributed by atoms with Crippen LogP contribution in [0.2, 0.25) is 0 Å². The Morgan fingerprint density at radius 3 is 2.75 bits per heavy atom.